The van der Waals surface area contributed by atoms with E-state index < -0.39 is 0 Å². The van der Waals surface area contributed by atoms with E-state index in [0.29, 0.717) is 17.1 Å². The highest BCUT2D eigenvalue weighted by Crippen LogP contribution is 2.26. The van der Waals surface area contributed by atoms with Crippen molar-refractivity contribution in [2.75, 3.05) is 20.6 Å². The Kier molecular flexibility index (Phi) is 5.25. The highest BCUT2D eigenvalue weighted by molar-refractivity contribution is 7.17. The van der Waals surface area contributed by atoms with Crippen molar-refractivity contribution in [2.24, 2.45) is 0 Å². The molecular formula is C18H20N4O2S. The van der Waals surface area contributed by atoms with Crippen molar-refractivity contribution in [3.63, 3.8) is 0 Å². The zero-order valence-corrected chi connectivity index (χ0v) is 15.2. The first-order chi connectivity index (χ1) is 12.1. The van der Waals surface area contributed by atoms with Gasteiger partial charge in [-0.1, -0.05) is 6.07 Å². The maximum atomic E-state index is 12.6. The summed E-state index contributed by atoms with van der Waals surface area (Å²) in [5, 5.41) is 3.73. The number of amides is 1. The molecule has 6 nitrogen and oxygen atoms in total. The van der Waals surface area contributed by atoms with Crippen LogP contribution in [0.3, 0.4) is 0 Å². The van der Waals surface area contributed by atoms with Crippen LogP contribution in [-0.4, -0.2) is 41.4 Å². The molecule has 0 aromatic carbocycles. The molecule has 1 atom stereocenters. The van der Waals surface area contributed by atoms with Crippen LogP contribution in [0.4, 0.5) is 0 Å². The monoisotopic (exact) mass is 356 g/mol. The van der Waals surface area contributed by atoms with Gasteiger partial charge in [0.2, 0.25) is 0 Å². The Morgan fingerprint density at radius 1 is 1.32 bits per heavy atom. The smallest absolute Gasteiger partial charge is 0.263 e. The standard InChI is InChI=1S/C18H20N4O2S/c1-12-16(25-18(21-12)13-7-4-5-9-19-13)17(23)20-11-14(22(2)3)15-8-6-10-24-15/h4-10,14H,11H2,1-3H3,(H,20,23). The first-order valence-electron chi connectivity index (χ1n) is 7.93. The second-order valence-corrected chi connectivity index (χ2v) is 6.85. The van der Waals surface area contributed by atoms with E-state index in [1.165, 1.54) is 11.3 Å². The predicted octanol–water partition coefficient (Wildman–Crippen LogP) is 3.14. The van der Waals surface area contributed by atoms with Crippen LogP contribution in [0.15, 0.2) is 47.2 Å². The number of furan rings is 1. The average molecular weight is 356 g/mol. The molecule has 0 saturated carbocycles. The van der Waals surface area contributed by atoms with Crippen LogP contribution in [0.25, 0.3) is 10.7 Å². The minimum absolute atomic E-state index is 0.0255. The molecule has 0 saturated heterocycles. The van der Waals surface area contributed by atoms with Crippen LogP contribution in [0.2, 0.25) is 0 Å². The van der Waals surface area contributed by atoms with Gasteiger partial charge in [-0.2, -0.15) is 0 Å². The number of carbonyl (C=O) groups is 1. The number of hydrogen-bond donors (Lipinski definition) is 1. The molecule has 0 aliphatic carbocycles. The number of pyridine rings is 1. The fraction of sp³-hybridized carbons (Fsp3) is 0.278. The summed E-state index contributed by atoms with van der Waals surface area (Å²) in [6.45, 7) is 2.30. The molecule has 0 aliphatic rings. The number of hydrogen-bond acceptors (Lipinski definition) is 6. The summed E-state index contributed by atoms with van der Waals surface area (Å²) in [6.07, 6.45) is 3.36. The lowest BCUT2D eigenvalue weighted by atomic mass is 10.2. The number of carbonyl (C=O) groups excluding carboxylic acids is 1. The predicted molar refractivity (Wildman–Crippen MR) is 97.6 cm³/mol. The first kappa shape index (κ1) is 17.3. The molecule has 0 bridgehead atoms. The average Bonchev–Trinajstić information content (AvgIpc) is 3.25. The van der Waals surface area contributed by atoms with Crippen molar-refractivity contribution >= 4 is 17.2 Å². The lowest BCUT2D eigenvalue weighted by molar-refractivity contribution is 0.0942. The highest BCUT2D eigenvalue weighted by Gasteiger charge is 2.21. The summed E-state index contributed by atoms with van der Waals surface area (Å²) in [4.78, 5) is 24.0. The van der Waals surface area contributed by atoms with Gasteiger partial charge in [0, 0.05) is 12.7 Å². The van der Waals surface area contributed by atoms with Gasteiger partial charge in [-0.05, 0) is 45.3 Å². The van der Waals surface area contributed by atoms with E-state index in [2.05, 4.69) is 15.3 Å². The van der Waals surface area contributed by atoms with E-state index in [-0.39, 0.29) is 11.9 Å². The molecule has 0 radical (unpaired) electrons. The number of aryl methyl sites for hydroxylation is 1. The Bertz CT molecular complexity index is 828. The van der Waals surface area contributed by atoms with Crippen LogP contribution in [0.5, 0.6) is 0 Å². The molecular weight excluding hydrogens is 336 g/mol. The van der Waals surface area contributed by atoms with Gasteiger partial charge in [0.1, 0.15) is 15.6 Å². The molecule has 3 rings (SSSR count). The molecule has 3 aromatic rings. The normalized spacial score (nSPS) is 12.3. The van der Waals surface area contributed by atoms with E-state index in [0.717, 1.165) is 16.5 Å². The highest BCUT2D eigenvalue weighted by atomic mass is 32.1. The second-order valence-electron chi connectivity index (χ2n) is 5.85. The van der Waals surface area contributed by atoms with E-state index in [9.17, 15) is 4.79 Å². The van der Waals surface area contributed by atoms with Gasteiger partial charge < -0.3 is 9.73 Å². The van der Waals surface area contributed by atoms with Gasteiger partial charge in [0.15, 0.2) is 0 Å². The van der Waals surface area contributed by atoms with E-state index in [1.54, 1.807) is 12.5 Å². The largest absolute Gasteiger partial charge is 0.468 e. The summed E-state index contributed by atoms with van der Waals surface area (Å²) < 4.78 is 5.47. The van der Waals surface area contributed by atoms with Gasteiger partial charge in [0.25, 0.3) is 5.91 Å². The zero-order chi connectivity index (χ0) is 17.8. The minimum Gasteiger partial charge on any atom is -0.468 e. The maximum absolute atomic E-state index is 12.6. The van der Waals surface area contributed by atoms with Crippen molar-refractivity contribution in [1.82, 2.24) is 20.2 Å². The Labute approximate surface area is 150 Å². The molecule has 0 fully saturated rings. The maximum Gasteiger partial charge on any atom is 0.263 e. The number of aromatic nitrogens is 2. The van der Waals surface area contributed by atoms with Gasteiger partial charge in [-0.15, -0.1) is 11.3 Å². The van der Waals surface area contributed by atoms with E-state index in [1.807, 2.05) is 56.3 Å². The first-order valence-corrected chi connectivity index (χ1v) is 8.74. The molecule has 1 N–H and O–H groups in total. The Morgan fingerprint density at radius 3 is 2.80 bits per heavy atom. The molecule has 25 heavy (non-hydrogen) atoms. The van der Waals surface area contributed by atoms with Crippen molar-refractivity contribution in [1.29, 1.82) is 0 Å². The molecule has 3 aromatic heterocycles. The Hall–Kier alpha value is -2.51. The van der Waals surface area contributed by atoms with Crippen LogP contribution in [0.1, 0.15) is 27.2 Å². The SMILES string of the molecule is Cc1nc(-c2ccccn2)sc1C(=O)NCC(c1ccco1)N(C)C. The summed E-state index contributed by atoms with van der Waals surface area (Å²) in [5.41, 5.74) is 1.49. The van der Waals surface area contributed by atoms with Crippen molar-refractivity contribution in [3.8, 4) is 10.7 Å². The van der Waals surface area contributed by atoms with Gasteiger partial charge in [-0.3, -0.25) is 14.7 Å². The van der Waals surface area contributed by atoms with Crippen LogP contribution >= 0.6 is 11.3 Å². The third kappa shape index (κ3) is 3.94. The van der Waals surface area contributed by atoms with Crippen LogP contribution in [0, 0.1) is 6.92 Å². The Balaban J connectivity index is 1.72. The van der Waals surface area contributed by atoms with Crippen LogP contribution < -0.4 is 5.32 Å². The van der Waals surface area contributed by atoms with Gasteiger partial charge in [0.05, 0.1) is 23.7 Å². The fourth-order valence-electron chi connectivity index (χ4n) is 2.49. The van der Waals surface area contributed by atoms with Gasteiger partial charge in [-0.25, -0.2) is 4.98 Å². The topological polar surface area (TPSA) is 71.3 Å². The lowest BCUT2D eigenvalue weighted by Gasteiger charge is -2.22. The fourth-order valence-corrected chi connectivity index (χ4v) is 3.45. The van der Waals surface area contributed by atoms with Gasteiger partial charge >= 0.3 is 0 Å². The van der Waals surface area contributed by atoms with E-state index >= 15 is 0 Å². The summed E-state index contributed by atoms with van der Waals surface area (Å²) in [5.74, 6) is 0.691. The quantitative estimate of drug-likeness (QED) is 0.735. The third-order valence-corrected chi connectivity index (χ3v) is 5.02. The Morgan fingerprint density at radius 2 is 2.16 bits per heavy atom. The number of thiazole rings is 1. The summed E-state index contributed by atoms with van der Waals surface area (Å²) in [7, 11) is 3.91. The summed E-state index contributed by atoms with van der Waals surface area (Å²) >= 11 is 1.36. The number of likely N-dealkylation sites (N-methyl/N-ethyl adjacent to an activating group) is 1. The second kappa shape index (κ2) is 7.58. The summed E-state index contributed by atoms with van der Waals surface area (Å²) in [6, 6.07) is 9.38. The molecule has 0 spiro atoms. The minimum atomic E-state index is -0.129. The number of nitrogens with zero attached hydrogens (tertiary/aromatic N) is 3. The van der Waals surface area contributed by atoms with Crippen molar-refractivity contribution in [2.45, 2.75) is 13.0 Å². The van der Waals surface area contributed by atoms with Crippen LogP contribution in [-0.2, 0) is 0 Å². The van der Waals surface area contributed by atoms with E-state index in [4.69, 9.17) is 4.42 Å². The molecule has 7 heteroatoms. The number of rotatable bonds is 6. The third-order valence-electron chi connectivity index (χ3n) is 3.84. The molecule has 3 heterocycles. The molecule has 130 valence electrons. The molecule has 1 amide bonds. The number of nitrogens with one attached hydrogen (secondary N) is 1. The zero-order valence-electron chi connectivity index (χ0n) is 14.4. The molecule has 0 aliphatic heterocycles. The van der Waals surface area contributed by atoms with Crippen molar-refractivity contribution in [3.05, 3.63) is 59.1 Å². The molecule has 1 unspecified atom stereocenters. The lowest BCUT2D eigenvalue weighted by Crippen LogP contribution is -2.34. The van der Waals surface area contributed by atoms with Crippen molar-refractivity contribution < 1.29 is 9.21 Å².